The number of nitro benzene ring substituents is 1. The summed E-state index contributed by atoms with van der Waals surface area (Å²) in [6.07, 6.45) is 3.49. The third-order valence-corrected chi connectivity index (χ3v) is 7.02. The number of fused-ring (bicyclic) bond motifs is 2. The summed E-state index contributed by atoms with van der Waals surface area (Å²) in [5.41, 5.74) is 2.78. The minimum absolute atomic E-state index is 0.0796. The van der Waals surface area contributed by atoms with Gasteiger partial charge in [-0.2, -0.15) is 0 Å². The standard InChI is InChI=1S/C25H23N4O6P/c1-26-12-18(16-7-5-6-8-20(16)26)22-23(25(31)28(24(22)30)14-35-36(3,4)34)19-13-27(2)21-11-15(29(32)33)9-10-17(19)21/h5-13H,14H2,1-4H3. The largest absolute Gasteiger partial charge is 0.350 e. The second-order valence-corrected chi connectivity index (χ2v) is 11.8. The van der Waals surface area contributed by atoms with E-state index in [9.17, 15) is 24.3 Å². The summed E-state index contributed by atoms with van der Waals surface area (Å²) in [6, 6.07) is 11.9. The molecule has 0 spiro atoms. The van der Waals surface area contributed by atoms with Crippen molar-refractivity contribution in [1.29, 1.82) is 0 Å². The van der Waals surface area contributed by atoms with E-state index in [0.29, 0.717) is 22.0 Å². The highest BCUT2D eigenvalue weighted by molar-refractivity contribution is 7.57. The lowest BCUT2D eigenvalue weighted by Crippen LogP contribution is -2.33. The number of benzene rings is 2. The van der Waals surface area contributed by atoms with Crippen molar-refractivity contribution in [2.75, 3.05) is 20.1 Å². The number of aryl methyl sites for hydroxylation is 2. The van der Waals surface area contributed by atoms with Crippen LogP contribution in [0.2, 0.25) is 0 Å². The van der Waals surface area contributed by atoms with Gasteiger partial charge in [0.05, 0.1) is 21.6 Å². The predicted molar refractivity (Wildman–Crippen MR) is 137 cm³/mol. The van der Waals surface area contributed by atoms with Crippen molar-refractivity contribution in [1.82, 2.24) is 14.0 Å². The van der Waals surface area contributed by atoms with Crippen molar-refractivity contribution in [2.24, 2.45) is 14.1 Å². The van der Waals surface area contributed by atoms with Gasteiger partial charge in [0.25, 0.3) is 17.5 Å². The van der Waals surface area contributed by atoms with Gasteiger partial charge in [-0.05, 0) is 12.1 Å². The zero-order chi connectivity index (χ0) is 25.9. The first-order valence-corrected chi connectivity index (χ1v) is 13.6. The fraction of sp³-hybridized carbons (Fsp3) is 0.200. The monoisotopic (exact) mass is 506 g/mol. The van der Waals surface area contributed by atoms with Gasteiger partial charge in [-0.25, -0.2) is 4.90 Å². The highest BCUT2D eigenvalue weighted by atomic mass is 31.2. The van der Waals surface area contributed by atoms with E-state index in [1.807, 2.05) is 35.9 Å². The SMILES string of the molecule is Cn1cc(C2=C(c3cn(C)c4cc([N+](=O)[O-])ccc34)C(=O)N(COP(C)(C)=O)C2=O)c2ccccc21. The first-order chi connectivity index (χ1) is 17.0. The van der Waals surface area contributed by atoms with E-state index < -0.39 is 30.8 Å². The zero-order valence-corrected chi connectivity index (χ0v) is 21.0. The normalized spacial score (nSPS) is 14.6. The summed E-state index contributed by atoms with van der Waals surface area (Å²) in [5, 5.41) is 12.7. The molecule has 0 saturated heterocycles. The van der Waals surface area contributed by atoms with Gasteiger partial charge in [0, 0.05) is 79.4 Å². The third-order valence-electron chi connectivity index (χ3n) is 6.29. The summed E-state index contributed by atoms with van der Waals surface area (Å²) < 4.78 is 21.1. The third kappa shape index (κ3) is 3.75. The Morgan fingerprint density at radius 2 is 1.44 bits per heavy atom. The number of para-hydroxylation sites is 1. The van der Waals surface area contributed by atoms with Crippen LogP contribution in [0, 0.1) is 10.1 Å². The van der Waals surface area contributed by atoms with Crippen molar-refractivity contribution in [2.45, 2.75) is 0 Å². The van der Waals surface area contributed by atoms with Crippen LogP contribution in [0.15, 0.2) is 54.9 Å². The molecular formula is C25H23N4O6P. The van der Waals surface area contributed by atoms with Crippen LogP contribution in [-0.4, -0.2) is 50.8 Å². The van der Waals surface area contributed by atoms with E-state index in [1.165, 1.54) is 25.5 Å². The Balaban J connectivity index is 1.78. The minimum atomic E-state index is -2.98. The van der Waals surface area contributed by atoms with E-state index in [4.69, 9.17) is 4.52 Å². The van der Waals surface area contributed by atoms with Gasteiger partial charge in [-0.3, -0.25) is 24.3 Å². The molecule has 0 bridgehead atoms. The van der Waals surface area contributed by atoms with E-state index in [-0.39, 0.29) is 16.8 Å². The topological polar surface area (TPSA) is 117 Å². The molecule has 1 aliphatic rings. The van der Waals surface area contributed by atoms with Crippen LogP contribution in [0.5, 0.6) is 0 Å². The fourth-order valence-corrected chi connectivity index (χ4v) is 5.01. The zero-order valence-electron chi connectivity index (χ0n) is 20.1. The van der Waals surface area contributed by atoms with Crippen molar-refractivity contribution < 1.29 is 23.6 Å². The Morgan fingerprint density at radius 1 is 0.889 bits per heavy atom. The van der Waals surface area contributed by atoms with Gasteiger partial charge in [0.2, 0.25) is 0 Å². The summed E-state index contributed by atoms with van der Waals surface area (Å²) in [7, 11) is 0.603. The van der Waals surface area contributed by atoms with Crippen LogP contribution in [0.25, 0.3) is 33.0 Å². The van der Waals surface area contributed by atoms with Crippen LogP contribution < -0.4 is 0 Å². The first-order valence-electron chi connectivity index (χ1n) is 11.1. The number of non-ortho nitro benzene ring substituents is 1. The van der Waals surface area contributed by atoms with Crippen molar-refractivity contribution in [3.8, 4) is 0 Å². The van der Waals surface area contributed by atoms with Gasteiger partial charge in [0.15, 0.2) is 7.37 Å². The maximum absolute atomic E-state index is 13.7. The molecule has 0 unspecified atom stereocenters. The van der Waals surface area contributed by atoms with Crippen LogP contribution >= 0.6 is 7.37 Å². The summed E-state index contributed by atoms with van der Waals surface area (Å²) in [6.45, 7) is 2.38. The predicted octanol–water partition coefficient (Wildman–Crippen LogP) is 4.37. The average molecular weight is 506 g/mol. The lowest BCUT2D eigenvalue weighted by Gasteiger charge is -2.17. The minimum Gasteiger partial charge on any atom is -0.350 e. The molecule has 2 aromatic heterocycles. The number of nitro groups is 1. The molecule has 184 valence electrons. The number of rotatable bonds is 6. The molecule has 11 heteroatoms. The fourth-order valence-electron chi connectivity index (χ4n) is 4.62. The molecule has 0 radical (unpaired) electrons. The van der Waals surface area contributed by atoms with Crippen LogP contribution in [0.4, 0.5) is 5.69 Å². The molecule has 36 heavy (non-hydrogen) atoms. The van der Waals surface area contributed by atoms with Gasteiger partial charge in [-0.1, -0.05) is 18.2 Å². The molecule has 0 atom stereocenters. The van der Waals surface area contributed by atoms with E-state index in [0.717, 1.165) is 15.8 Å². The Morgan fingerprint density at radius 3 is 2.03 bits per heavy atom. The van der Waals surface area contributed by atoms with E-state index in [2.05, 4.69) is 0 Å². The molecule has 0 N–H and O–H groups in total. The number of hydrogen-bond acceptors (Lipinski definition) is 6. The molecule has 2 aromatic carbocycles. The summed E-state index contributed by atoms with van der Waals surface area (Å²) in [5.74, 6) is -1.14. The quantitative estimate of drug-likeness (QED) is 0.166. The maximum atomic E-state index is 13.7. The Kier molecular flexibility index (Phi) is 5.46. The number of carbonyl (C=O) groups excluding carboxylic acids is 2. The molecule has 0 fully saturated rings. The second kappa shape index (κ2) is 8.29. The Bertz CT molecular complexity index is 1690. The molecular weight excluding hydrogens is 483 g/mol. The smallest absolute Gasteiger partial charge is 0.271 e. The van der Waals surface area contributed by atoms with Crippen LogP contribution in [-0.2, 0) is 32.8 Å². The van der Waals surface area contributed by atoms with Gasteiger partial charge in [0.1, 0.15) is 6.73 Å². The average Bonchev–Trinajstić information content (AvgIpc) is 3.41. The van der Waals surface area contributed by atoms with Gasteiger partial charge >= 0.3 is 0 Å². The number of carbonyl (C=O) groups is 2. The van der Waals surface area contributed by atoms with Gasteiger partial charge in [-0.15, -0.1) is 0 Å². The summed E-state index contributed by atoms with van der Waals surface area (Å²) >= 11 is 0. The molecule has 5 rings (SSSR count). The molecule has 4 aromatic rings. The lowest BCUT2D eigenvalue weighted by molar-refractivity contribution is -0.384. The van der Waals surface area contributed by atoms with Crippen LogP contribution in [0.3, 0.4) is 0 Å². The highest BCUT2D eigenvalue weighted by Crippen LogP contribution is 2.43. The molecule has 0 saturated carbocycles. The molecule has 3 heterocycles. The van der Waals surface area contributed by atoms with E-state index in [1.54, 1.807) is 30.1 Å². The first kappa shape index (κ1) is 23.7. The van der Waals surface area contributed by atoms with Crippen LogP contribution in [0.1, 0.15) is 11.1 Å². The lowest BCUT2D eigenvalue weighted by atomic mass is 9.95. The van der Waals surface area contributed by atoms with Crippen molar-refractivity contribution >= 4 is 57.8 Å². The number of imide groups is 1. The number of aromatic nitrogens is 2. The van der Waals surface area contributed by atoms with Crippen molar-refractivity contribution in [3.63, 3.8) is 0 Å². The molecule has 10 nitrogen and oxygen atoms in total. The molecule has 2 amide bonds. The summed E-state index contributed by atoms with van der Waals surface area (Å²) in [4.78, 5) is 39.3. The molecule has 1 aliphatic heterocycles. The second-order valence-electron chi connectivity index (χ2n) is 9.08. The maximum Gasteiger partial charge on any atom is 0.271 e. The van der Waals surface area contributed by atoms with E-state index >= 15 is 0 Å². The highest BCUT2D eigenvalue weighted by Gasteiger charge is 2.42. The van der Waals surface area contributed by atoms with Crippen molar-refractivity contribution in [3.05, 3.63) is 76.1 Å². The Labute approximate surface area is 206 Å². The van der Waals surface area contributed by atoms with Gasteiger partial charge < -0.3 is 13.7 Å². The number of amides is 2. The molecule has 0 aliphatic carbocycles. The number of nitrogens with zero attached hydrogens (tertiary/aromatic N) is 4. The number of hydrogen-bond donors (Lipinski definition) is 0. The Hall–Kier alpha value is -4.01.